The van der Waals surface area contributed by atoms with E-state index in [9.17, 15) is 13.7 Å². The molecule has 0 spiro atoms. The number of sulfonamides is 1. The molecule has 8 nitrogen and oxygen atoms in total. The second-order valence-electron chi connectivity index (χ2n) is 9.23. The van der Waals surface area contributed by atoms with E-state index in [2.05, 4.69) is 35.0 Å². The number of aromatic nitrogens is 1. The van der Waals surface area contributed by atoms with Gasteiger partial charge in [0.05, 0.1) is 4.90 Å². The summed E-state index contributed by atoms with van der Waals surface area (Å²) in [6, 6.07) is 19.0. The van der Waals surface area contributed by atoms with Crippen LogP contribution in [0.15, 0.2) is 63.9 Å². The lowest BCUT2D eigenvalue weighted by Crippen LogP contribution is -2.46. The number of hydrogen-bond acceptors (Lipinski definition) is 7. The molecular formula is C26H29N5O3S. The molecule has 0 saturated carbocycles. The van der Waals surface area contributed by atoms with Crippen LogP contribution in [0, 0.1) is 17.2 Å². The normalized spacial score (nSPS) is 19.5. The number of anilines is 2. The fourth-order valence-electron chi connectivity index (χ4n) is 4.81. The summed E-state index contributed by atoms with van der Waals surface area (Å²) in [4.78, 5) is 9.02. The number of para-hydroxylation sites is 1. The minimum absolute atomic E-state index is 0.243. The maximum Gasteiger partial charge on any atom is 0.243 e. The van der Waals surface area contributed by atoms with Crippen LogP contribution < -0.4 is 9.80 Å². The van der Waals surface area contributed by atoms with Crippen molar-refractivity contribution < 1.29 is 12.8 Å². The van der Waals surface area contributed by atoms with Crippen molar-refractivity contribution >= 4 is 21.6 Å². The van der Waals surface area contributed by atoms with Gasteiger partial charge in [0.1, 0.15) is 6.07 Å². The van der Waals surface area contributed by atoms with E-state index in [1.54, 1.807) is 28.6 Å². The Morgan fingerprint density at radius 2 is 1.66 bits per heavy atom. The molecule has 1 atom stereocenters. The third-order valence-corrected chi connectivity index (χ3v) is 8.64. The van der Waals surface area contributed by atoms with Gasteiger partial charge in [0.25, 0.3) is 0 Å². The zero-order chi connectivity index (χ0) is 24.4. The van der Waals surface area contributed by atoms with Crippen molar-refractivity contribution in [3.05, 3.63) is 60.3 Å². The Morgan fingerprint density at radius 1 is 0.971 bits per heavy atom. The molecule has 3 heterocycles. The maximum atomic E-state index is 13.1. The van der Waals surface area contributed by atoms with Crippen molar-refractivity contribution in [2.24, 2.45) is 5.92 Å². The van der Waals surface area contributed by atoms with Crippen LogP contribution in [0.1, 0.15) is 25.5 Å². The second-order valence-corrected chi connectivity index (χ2v) is 11.2. The van der Waals surface area contributed by atoms with E-state index in [0.717, 1.165) is 25.9 Å². The lowest BCUT2D eigenvalue weighted by atomic mass is 10.0. The number of benzene rings is 2. The van der Waals surface area contributed by atoms with Crippen LogP contribution in [0.2, 0.25) is 0 Å². The first-order valence-corrected chi connectivity index (χ1v) is 13.5. The highest BCUT2D eigenvalue weighted by Gasteiger charge is 2.29. The van der Waals surface area contributed by atoms with Gasteiger partial charge in [0.2, 0.25) is 27.5 Å². The van der Waals surface area contributed by atoms with Crippen LogP contribution in [-0.4, -0.2) is 57.0 Å². The Balaban J connectivity index is 1.32. The summed E-state index contributed by atoms with van der Waals surface area (Å²) in [6.45, 7) is 6.24. The molecule has 2 aromatic carbocycles. The molecule has 9 heteroatoms. The molecule has 0 N–H and O–H groups in total. The van der Waals surface area contributed by atoms with E-state index in [4.69, 9.17) is 4.42 Å². The zero-order valence-electron chi connectivity index (χ0n) is 19.8. The highest BCUT2D eigenvalue weighted by atomic mass is 32.2. The van der Waals surface area contributed by atoms with Gasteiger partial charge in [-0.1, -0.05) is 25.1 Å². The van der Waals surface area contributed by atoms with Gasteiger partial charge in [0, 0.05) is 50.5 Å². The summed E-state index contributed by atoms with van der Waals surface area (Å²) >= 11 is 0. The van der Waals surface area contributed by atoms with Gasteiger partial charge < -0.3 is 14.2 Å². The molecule has 2 saturated heterocycles. The number of hydrogen-bond donors (Lipinski definition) is 0. The fourth-order valence-corrected chi connectivity index (χ4v) is 6.41. The molecule has 2 aliphatic rings. The van der Waals surface area contributed by atoms with Crippen LogP contribution in [-0.2, 0) is 10.0 Å². The standard InChI is InChI=1S/C26H29N5O3S/c1-20-6-5-13-31(19-20)35(32,33)23-11-9-21(10-12-23)25-28-24(18-27)26(34-25)30-16-14-29(15-17-30)22-7-3-2-4-8-22/h2-4,7-12,20H,5-6,13-17,19H2,1H3. The molecule has 2 aliphatic heterocycles. The van der Waals surface area contributed by atoms with Gasteiger partial charge >= 0.3 is 0 Å². The topological polar surface area (TPSA) is 93.7 Å². The van der Waals surface area contributed by atoms with Crippen LogP contribution in [0.4, 0.5) is 11.6 Å². The lowest BCUT2D eigenvalue weighted by Gasteiger charge is -2.35. The van der Waals surface area contributed by atoms with Gasteiger partial charge in [-0.05, 0) is 55.2 Å². The van der Waals surface area contributed by atoms with Gasteiger partial charge in [-0.2, -0.15) is 14.6 Å². The Morgan fingerprint density at radius 3 is 2.31 bits per heavy atom. The molecule has 2 fully saturated rings. The van der Waals surface area contributed by atoms with Crippen LogP contribution in [0.3, 0.4) is 0 Å². The summed E-state index contributed by atoms with van der Waals surface area (Å²) < 4.78 is 33.7. The third-order valence-electron chi connectivity index (χ3n) is 6.76. The van der Waals surface area contributed by atoms with Gasteiger partial charge in [-0.3, -0.25) is 0 Å². The molecule has 0 aliphatic carbocycles. The maximum absolute atomic E-state index is 13.1. The van der Waals surface area contributed by atoms with Crippen molar-refractivity contribution in [3.63, 3.8) is 0 Å². The van der Waals surface area contributed by atoms with E-state index in [1.807, 2.05) is 23.1 Å². The summed E-state index contributed by atoms with van der Waals surface area (Å²) in [5.74, 6) is 1.15. The Hall–Kier alpha value is -3.35. The number of rotatable bonds is 5. The number of oxazole rings is 1. The lowest BCUT2D eigenvalue weighted by molar-refractivity contribution is 0.281. The molecule has 182 valence electrons. The average molecular weight is 492 g/mol. The smallest absolute Gasteiger partial charge is 0.243 e. The Kier molecular flexibility index (Phi) is 6.50. The molecule has 5 rings (SSSR count). The van der Waals surface area contributed by atoms with Crippen LogP contribution in [0.25, 0.3) is 11.5 Å². The van der Waals surface area contributed by atoms with Crippen molar-refractivity contribution in [2.45, 2.75) is 24.7 Å². The first-order valence-electron chi connectivity index (χ1n) is 12.0. The average Bonchev–Trinajstić information content (AvgIpc) is 3.34. The first-order chi connectivity index (χ1) is 17.0. The predicted octanol–water partition coefficient (Wildman–Crippen LogP) is 3.96. The van der Waals surface area contributed by atoms with Crippen molar-refractivity contribution in [3.8, 4) is 17.5 Å². The minimum atomic E-state index is -3.53. The largest absolute Gasteiger partial charge is 0.419 e. The highest BCUT2D eigenvalue weighted by Crippen LogP contribution is 2.31. The minimum Gasteiger partial charge on any atom is -0.419 e. The molecular weight excluding hydrogens is 462 g/mol. The Labute approximate surface area is 206 Å². The van der Waals surface area contributed by atoms with Crippen LogP contribution >= 0.6 is 0 Å². The van der Waals surface area contributed by atoms with E-state index in [-0.39, 0.29) is 10.6 Å². The van der Waals surface area contributed by atoms with Gasteiger partial charge in [0.15, 0.2) is 0 Å². The molecule has 0 bridgehead atoms. The molecule has 0 radical (unpaired) electrons. The summed E-state index contributed by atoms with van der Waals surface area (Å²) in [6.07, 6.45) is 1.94. The van der Waals surface area contributed by atoms with Gasteiger partial charge in [-0.15, -0.1) is 0 Å². The first kappa shape index (κ1) is 23.4. The number of piperidine rings is 1. The zero-order valence-corrected chi connectivity index (χ0v) is 20.6. The number of piperazine rings is 1. The fraction of sp³-hybridized carbons (Fsp3) is 0.385. The SMILES string of the molecule is CC1CCCN(S(=O)(=O)c2ccc(-c3nc(C#N)c(N4CCN(c5ccccc5)CC4)o3)cc2)C1. The van der Waals surface area contributed by atoms with Crippen LogP contribution in [0.5, 0.6) is 0 Å². The predicted molar refractivity (Wildman–Crippen MR) is 135 cm³/mol. The summed E-state index contributed by atoms with van der Waals surface area (Å²) in [5.41, 5.74) is 2.06. The molecule has 1 aromatic heterocycles. The van der Waals surface area contributed by atoms with E-state index < -0.39 is 10.0 Å². The third kappa shape index (κ3) is 4.77. The molecule has 3 aromatic rings. The quantitative estimate of drug-likeness (QED) is 0.533. The summed E-state index contributed by atoms with van der Waals surface area (Å²) in [5, 5.41) is 9.66. The molecule has 35 heavy (non-hydrogen) atoms. The van der Waals surface area contributed by atoms with E-state index in [1.165, 1.54) is 5.69 Å². The van der Waals surface area contributed by atoms with E-state index >= 15 is 0 Å². The Bertz CT molecular complexity index is 1310. The van der Waals surface area contributed by atoms with Gasteiger partial charge in [-0.25, -0.2) is 8.42 Å². The summed E-state index contributed by atoms with van der Waals surface area (Å²) in [7, 11) is -3.53. The van der Waals surface area contributed by atoms with Crippen molar-refractivity contribution in [1.29, 1.82) is 5.26 Å². The molecule has 0 amide bonds. The van der Waals surface area contributed by atoms with Crippen molar-refractivity contribution in [1.82, 2.24) is 9.29 Å². The second kappa shape index (κ2) is 9.72. The molecule has 1 unspecified atom stereocenters. The van der Waals surface area contributed by atoms with E-state index in [0.29, 0.717) is 49.4 Å². The number of nitrogens with zero attached hydrogens (tertiary/aromatic N) is 5. The monoisotopic (exact) mass is 491 g/mol. The van der Waals surface area contributed by atoms with Crippen molar-refractivity contribution in [2.75, 3.05) is 49.1 Å². The number of nitriles is 1. The highest BCUT2D eigenvalue weighted by molar-refractivity contribution is 7.89.